The minimum Gasteiger partial charge on any atom is -0.341 e. The Kier molecular flexibility index (Phi) is 7.91. The molecule has 1 fully saturated rings. The van der Waals surface area contributed by atoms with Crippen molar-refractivity contribution in [2.24, 2.45) is 0 Å². The second-order valence-corrected chi connectivity index (χ2v) is 7.34. The average Bonchev–Trinajstić information content (AvgIpc) is 2.63. The molecule has 4 heteroatoms. The Bertz CT molecular complexity index is 514. The van der Waals surface area contributed by atoms with Gasteiger partial charge in [-0.25, -0.2) is 0 Å². The van der Waals surface area contributed by atoms with E-state index in [4.69, 9.17) is 0 Å². The molecule has 1 heterocycles. The van der Waals surface area contributed by atoms with E-state index in [2.05, 4.69) is 67.1 Å². The van der Waals surface area contributed by atoms with Crippen LogP contribution in [-0.4, -0.2) is 55.0 Å². The zero-order valence-electron chi connectivity index (χ0n) is 16.4. The Hall–Kier alpha value is -1.39. The summed E-state index contributed by atoms with van der Waals surface area (Å²) in [4.78, 5) is 17.8. The van der Waals surface area contributed by atoms with Gasteiger partial charge in [0.2, 0.25) is 5.91 Å². The van der Waals surface area contributed by atoms with Crippen LogP contribution in [0.1, 0.15) is 63.6 Å². The largest absolute Gasteiger partial charge is 0.341 e. The first-order chi connectivity index (χ1) is 12.1. The minimum absolute atomic E-state index is 0.151. The van der Waals surface area contributed by atoms with E-state index in [1.54, 1.807) is 0 Å². The van der Waals surface area contributed by atoms with Gasteiger partial charge in [0.25, 0.3) is 0 Å². The Labute approximate surface area is 153 Å². The third-order valence-corrected chi connectivity index (χ3v) is 4.97. The van der Waals surface area contributed by atoms with E-state index in [-0.39, 0.29) is 11.9 Å². The van der Waals surface area contributed by atoms with E-state index in [1.165, 1.54) is 5.56 Å². The third-order valence-electron chi connectivity index (χ3n) is 4.97. The van der Waals surface area contributed by atoms with E-state index >= 15 is 0 Å². The lowest BCUT2D eigenvalue weighted by molar-refractivity contribution is -0.137. The summed E-state index contributed by atoms with van der Waals surface area (Å²) in [6.45, 7) is 14.2. The predicted octanol–water partition coefficient (Wildman–Crippen LogP) is 3.40. The normalized spacial score (nSPS) is 16.8. The Morgan fingerprint density at radius 1 is 1.04 bits per heavy atom. The van der Waals surface area contributed by atoms with Crippen molar-refractivity contribution in [3.63, 3.8) is 0 Å². The standard InChI is InChI=1S/C21H35N3O/c1-5-13-24(14-6-2)21(25)20(23-15-11-22-12-16-23)19-9-7-18(8-10-19)17(3)4/h7-10,17,20,22H,5-6,11-16H2,1-4H3. The lowest BCUT2D eigenvalue weighted by Crippen LogP contribution is -2.50. The van der Waals surface area contributed by atoms with E-state index < -0.39 is 0 Å². The second kappa shape index (κ2) is 9.93. The lowest BCUT2D eigenvalue weighted by Gasteiger charge is -2.37. The van der Waals surface area contributed by atoms with Crippen molar-refractivity contribution in [2.45, 2.75) is 52.5 Å². The summed E-state index contributed by atoms with van der Waals surface area (Å²) >= 11 is 0. The highest BCUT2D eigenvalue weighted by atomic mass is 16.2. The molecule has 0 spiro atoms. The SMILES string of the molecule is CCCN(CCC)C(=O)C(c1ccc(C(C)C)cc1)N1CCNCC1. The third kappa shape index (κ3) is 5.29. The second-order valence-electron chi connectivity index (χ2n) is 7.34. The molecule has 0 radical (unpaired) electrons. The number of benzene rings is 1. The summed E-state index contributed by atoms with van der Waals surface area (Å²) in [6, 6.07) is 8.55. The Morgan fingerprint density at radius 3 is 2.04 bits per heavy atom. The molecule has 1 N–H and O–H groups in total. The van der Waals surface area contributed by atoms with Crippen LogP contribution in [0.3, 0.4) is 0 Å². The maximum absolute atomic E-state index is 13.4. The van der Waals surface area contributed by atoms with Crippen molar-refractivity contribution in [3.8, 4) is 0 Å². The molecule has 2 rings (SSSR count). The molecule has 25 heavy (non-hydrogen) atoms. The van der Waals surface area contributed by atoms with Gasteiger partial charge in [-0.3, -0.25) is 9.69 Å². The van der Waals surface area contributed by atoms with Gasteiger partial charge in [0.15, 0.2) is 0 Å². The lowest BCUT2D eigenvalue weighted by atomic mass is 9.97. The first-order valence-corrected chi connectivity index (χ1v) is 9.91. The van der Waals surface area contributed by atoms with Crippen LogP contribution in [0.25, 0.3) is 0 Å². The van der Waals surface area contributed by atoms with Crippen molar-refractivity contribution in [2.75, 3.05) is 39.3 Å². The minimum atomic E-state index is -0.151. The molecule has 1 saturated heterocycles. The zero-order chi connectivity index (χ0) is 18.2. The van der Waals surface area contributed by atoms with E-state index in [1.807, 2.05) is 0 Å². The highest BCUT2D eigenvalue weighted by Gasteiger charge is 2.31. The van der Waals surface area contributed by atoms with Crippen LogP contribution in [0, 0.1) is 0 Å². The highest BCUT2D eigenvalue weighted by Crippen LogP contribution is 2.26. The number of hydrogen-bond donors (Lipinski definition) is 1. The summed E-state index contributed by atoms with van der Waals surface area (Å²) in [5.41, 5.74) is 2.46. The maximum atomic E-state index is 13.4. The van der Waals surface area contributed by atoms with Gasteiger partial charge in [-0.05, 0) is 29.9 Å². The fraction of sp³-hybridized carbons (Fsp3) is 0.667. The van der Waals surface area contributed by atoms with E-state index in [0.717, 1.165) is 57.7 Å². The Balaban J connectivity index is 2.29. The molecule has 140 valence electrons. The number of piperazine rings is 1. The number of nitrogens with one attached hydrogen (secondary N) is 1. The molecule has 0 bridgehead atoms. The summed E-state index contributed by atoms with van der Waals surface area (Å²) in [6.07, 6.45) is 2.01. The summed E-state index contributed by atoms with van der Waals surface area (Å²) < 4.78 is 0. The van der Waals surface area contributed by atoms with Gasteiger partial charge in [-0.2, -0.15) is 0 Å². The number of hydrogen-bond acceptors (Lipinski definition) is 3. The smallest absolute Gasteiger partial charge is 0.244 e. The van der Waals surface area contributed by atoms with Gasteiger partial charge in [0.05, 0.1) is 0 Å². The van der Waals surface area contributed by atoms with Crippen LogP contribution in [0.2, 0.25) is 0 Å². The van der Waals surface area contributed by atoms with Crippen LogP contribution in [0.5, 0.6) is 0 Å². The summed E-state index contributed by atoms with van der Waals surface area (Å²) in [5, 5.41) is 3.40. The van der Waals surface area contributed by atoms with Crippen molar-refractivity contribution < 1.29 is 4.79 Å². The van der Waals surface area contributed by atoms with E-state index in [9.17, 15) is 4.79 Å². The number of carbonyl (C=O) groups excluding carboxylic acids is 1. The average molecular weight is 346 g/mol. The monoisotopic (exact) mass is 345 g/mol. The summed E-state index contributed by atoms with van der Waals surface area (Å²) in [5.74, 6) is 0.780. The van der Waals surface area contributed by atoms with Crippen LogP contribution >= 0.6 is 0 Å². The number of amides is 1. The molecular formula is C21H35N3O. The Morgan fingerprint density at radius 2 is 1.56 bits per heavy atom. The molecule has 1 aliphatic heterocycles. The molecule has 1 aliphatic rings. The van der Waals surface area contributed by atoms with Crippen molar-refractivity contribution >= 4 is 5.91 Å². The molecule has 1 unspecified atom stereocenters. The molecule has 0 saturated carbocycles. The molecule has 1 aromatic carbocycles. The van der Waals surface area contributed by atoms with Crippen molar-refractivity contribution in [3.05, 3.63) is 35.4 Å². The number of carbonyl (C=O) groups is 1. The molecule has 0 aliphatic carbocycles. The summed E-state index contributed by atoms with van der Waals surface area (Å²) in [7, 11) is 0. The topological polar surface area (TPSA) is 35.6 Å². The van der Waals surface area contributed by atoms with Gasteiger partial charge in [-0.1, -0.05) is 52.0 Å². The van der Waals surface area contributed by atoms with Crippen molar-refractivity contribution in [1.82, 2.24) is 15.1 Å². The van der Waals surface area contributed by atoms with Crippen molar-refractivity contribution in [1.29, 1.82) is 0 Å². The molecular weight excluding hydrogens is 310 g/mol. The molecule has 0 aromatic heterocycles. The maximum Gasteiger partial charge on any atom is 0.244 e. The van der Waals surface area contributed by atoms with Crippen LogP contribution < -0.4 is 5.32 Å². The van der Waals surface area contributed by atoms with Crippen LogP contribution in [-0.2, 0) is 4.79 Å². The first-order valence-electron chi connectivity index (χ1n) is 9.91. The first kappa shape index (κ1) is 19.9. The molecule has 1 atom stereocenters. The molecule has 4 nitrogen and oxygen atoms in total. The quantitative estimate of drug-likeness (QED) is 0.784. The number of rotatable bonds is 8. The fourth-order valence-electron chi connectivity index (χ4n) is 3.56. The fourth-order valence-corrected chi connectivity index (χ4v) is 3.56. The van der Waals surface area contributed by atoms with Gasteiger partial charge in [0, 0.05) is 39.3 Å². The van der Waals surface area contributed by atoms with Gasteiger partial charge in [0.1, 0.15) is 6.04 Å². The highest BCUT2D eigenvalue weighted by molar-refractivity contribution is 5.83. The van der Waals surface area contributed by atoms with Crippen LogP contribution in [0.15, 0.2) is 24.3 Å². The van der Waals surface area contributed by atoms with E-state index in [0.29, 0.717) is 5.92 Å². The van der Waals surface area contributed by atoms with Gasteiger partial charge >= 0.3 is 0 Å². The molecule has 1 aromatic rings. The predicted molar refractivity (Wildman–Crippen MR) is 105 cm³/mol. The van der Waals surface area contributed by atoms with Gasteiger partial charge in [-0.15, -0.1) is 0 Å². The van der Waals surface area contributed by atoms with Crippen LogP contribution in [0.4, 0.5) is 0 Å². The molecule has 1 amide bonds. The van der Waals surface area contributed by atoms with Gasteiger partial charge < -0.3 is 10.2 Å². The number of nitrogens with zero attached hydrogens (tertiary/aromatic N) is 2. The zero-order valence-corrected chi connectivity index (χ0v) is 16.4.